The first-order chi connectivity index (χ1) is 15.5. The van der Waals surface area contributed by atoms with E-state index in [0.717, 1.165) is 41.5 Å². The highest BCUT2D eigenvalue weighted by Crippen LogP contribution is 2.38. The summed E-state index contributed by atoms with van der Waals surface area (Å²) >= 11 is 0. The van der Waals surface area contributed by atoms with Gasteiger partial charge < -0.3 is 4.18 Å². The number of aromatic nitrogens is 2. The van der Waals surface area contributed by atoms with Crippen molar-refractivity contribution in [3.05, 3.63) is 57.9 Å². The second kappa shape index (κ2) is 8.71. The van der Waals surface area contributed by atoms with Gasteiger partial charge >= 0.3 is 10.1 Å². The van der Waals surface area contributed by atoms with E-state index in [9.17, 15) is 8.42 Å². The van der Waals surface area contributed by atoms with Crippen LogP contribution in [-0.2, 0) is 23.0 Å². The first kappa shape index (κ1) is 23.7. The van der Waals surface area contributed by atoms with Crippen molar-refractivity contribution < 1.29 is 12.6 Å². The number of nitrogens with zero attached hydrogens (tertiary/aromatic N) is 2. The molecule has 4 rings (SSSR count). The van der Waals surface area contributed by atoms with Crippen LogP contribution < -0.4 is 4.18 Å². The zero-order chi connectivity index (χ0) is 24.1. The first-order valence-corrected chi connectivity index (χ1v) is 13.3. The van der Waals surface area contributed by atoms with Crippen molar-refractivity contribution in [3.63, 3.8) is 0 Å². The van der Waals surface area contributed by atoms with Crippen molar-refractivity contribution in [2.75, 3.05) is 0 Å². The quantitative estimate of drug-likeness (QED) is 0.385. The summed E-state index contributed by atoms with van der Waals surface area (Å²) < 4.78 is 33.5. The van der Waals surface area contributed by atoms with Gasteiger partial charge in [-0.15, -0.1) is 0 Å². The summed E-state index contributed by atoms with van der Waals surface area (Å²) in [4.78, 5) is 9.25. The molecule has 0 amide bonds. The maximum atomic E-state index is 13.8. The second-order valence-electron chi connectivity index (χ2n) is 10.1. The number of fused-ring (bicyclic) bond motifs is 2. The number of hydrogen-bond acceptors (Lipinski definition) is 5. The highest BCUT2D eigenvalue weighted by atomic mass is 32.2. The van der Waals surface area contributed by atoms with Crippen LogP contribution in [0.15, 0.2) is 29.2 Å². The highest BCUT2D eigenvalue weighted by Gasteiger charge is 2.30. The molecule has 0 atom stereocenters. The fraction of sp³-hybridized carbons (Fsp3) is 0.481. The van der Waals surface area contributed by atoms with Gasteiger partial charge in [0.15, 0.2) is 0 Å². The van der Waals surface area contributed by atoms with E-state index in [1.807, 2.05) is 45.9 Å². The standard InChI is InChI=1S/C27H34N2O3S/c1-15(2)21-12-22(16(3)4)26(23(13-21)17(5)6)33(30,31)32-27-24-11-19-9-8-10-20(19)14-25(24)28-18(7)29-27/h11-17H,8-10H2,1-7H3. The lowest BCUT2D eigenvalue weighted by Gasteiger charge is -2.22. The van der Waals surface area contributed by atoms with Gasteiger partial charge in [0.25, 0.3) is 0 Å². The Morgan fingerprint density at radius 3 is 1.94 bits per heavy atom. The third kappa shape index (κ3) is 4.50. The Morgan fingerprint density at radius 1 is 0.818 bits per heavy atom. The minimum Gasteiger partial charge on any atom is -0.357 e. The van der Waals surface area contributed by atoms with Gasteiger partial charge in [0, 0.05) is 0 Å². The SMILES string of the molecule is Cc1nc(OS(=O)(=O)c2c(C(C)C)cc(C(C)C)cc2C(C)C)c2cc3c(cc2n1)CCC3. The molecule has 2 aromatic carbocycles. The van der Waals surface area contributed by atoms with Gasteiger partial charge in [-0.2, -0.15) is 13.4 Å². The summed E-state index contributed by atoms with van der Waals surface area (Å²) in [5, 5.41) is 0.654. The zero-order valence-electron chi connectivity index (χ0n) is 20.7. The molecule has 0 aliphatic heterocycles. The molecule has 3 aromatic rings. The highest BCUT2D eigenvalue weighted by molar-refractivity contribution is 7.87. The normalized spacial score (nSPS) is 14.0. The Hall–Kier alpha value is -2.47. The monoisotopic (exact) mass is 466 g/mol. The van der Waals surface area contributed by atoms with Gasteiger partial charge in [-0.05, 0) is 83.9 Å². The van der Waals surface area contributed by atoms with Crippen LogP contribution >= 0.6 is 0 Å². The molecule has 33 heavy (non-hydrogen) atoms. The minimum absolute atomic E-state index is 0.0294. The molecule has 1 aliphatic rings. The van der Waals surface area contributed by atoms with Crippen molar-refractivity contribution >= 4 is 21.0 Å². The van der Waals surface area contributed by atoms with Gasteiger partial charge in [-0.25, -0.2) is 4.98 Å². The van der Waals surface area contributed by atoms with E-state index in [0.29, 0.717) is 17.1 Å². The minimum atomic E-state index is -4.12. The third-order valence-electron chi connectivity index (χ3n) is 6.50. The molecule has 1 aromatic heterocycles. The van der Waals surface area contributed by atoms with Crippen molar-refractivity contribution in [2.24, 2.45) is 0 Å². The zero-order valence-corrected chi connectivity index (χ0v) is 21.5. The van der Waals surface area contributed by atoms with E-state index in [1.54, 1.807) is 6.92 Å². The lowest BCUT2D eigenvalue weighted by Crippen LogP contribution is -2.18. The molecule has 0 bridgehead atoms. The number of rotatable bonds is 6. The topological polar surface area (TPSA) is 69.2 Å². The molecule has 1 heterocycles. The average molecular weight is 467 g/mol. The molecule has 1 aliphatic carbocycles. The van der Waals surface area contributed by atoms with Gasteiger partial charge in [-0.3, -0.25) is 0 Å². The predicted octanol–water partition coefficient (Wildman–Crippen LogP) is 6.56. The van der Waals surface area contributed by atoms with Crippen LogP contribution in [0, 0.1) is 6.92 Å². The molecule has 6 heteroatoms. The Balaban J connectivity index is 1.91. The van der Waals surface area contributed by atoms with E-state index >= 15 is 0 Å². The van der Waals surface area contributed by atoms with Crippen LogP contribution in [0.2, 0.25) is 0 Å². The average Bonchev–Trinajstić information content (AvgIpc) is 3.18. The largest absolute Gasteiger partial charge is 0.357 e. The Morgan fingerprint density at radius 2 is 1.39 bits per heavy atom. The van der Waals surface area contributed by atoms with Crippen molar-refractivity contribution in [1.82, 2.24) is 9.97 Å². The van der Waals surface area contributed by atoms with Crippen LogP contribution in [-0.4, -0.2) is 18.4 Å². The Kier molecular flexibility index (Phi) is 6.25. The van der Waals surface area contributed by atoms with Crippen LogP contribution in [0.1, 0.15) is 99.4 Å². The summed E-state index contributed by atoms with van der Waals surface area (Å²) in [6, 6.07) is 8.11. The van der Waals surface area contributed by atoms with E-state index < -0.39 is 10.1 Å². The molecule has 0 spiro atoms. The van der Waals surface area contributed by atoms with Crippen LogP contribution in [0.3, 0.4) is 0 Å². The van der Waals surface area contributed by atoms with E-state index in [4.69, 9.17) is 4.18 Å². The molecule has 0 N–H and O–H groups in total. The van der Waals surface area contributed by atoms with Gasteiger partial charge in [0.1, 0.15) is 10.7 Å². The molecular formula is C27H34N2O3S. The number of benzene rings is 2. The van der Waals surface area contributed by atoms with Gasteiger partial charge in [0.05, 0.1) is 10.9 Å². The van der Waals surface area contributed by atoms with Crippen LogP contribution in [0.25, 0.3) is 10.9 Å². The smallest absolute Gasteiger partial charge is 0.341 e. The first-order valence-electron chi connectivity index (χ1n) is 11.9. The molecule has 176 valence electrons. The molecule has 0 saturated carbocycles. The lowest BCUT2D eigenvalue weighted by atomic mass is 9.89. The molecular weight excluding hydrogens is 432 g/mol. The molecule has 0 saturated heterocycles. The predicted molar refractivity (Wildman–Crippen MR) is 133 cm³/mol. The number of hydrogen-bond donors (Lipinski definition) is 0. The van der Waals surface area contributed by atoms with Gasteiger partial charge in [0.2, 0.25) is 5.88 Å². The molecule has 0 unspecified atom stereocenters. The Labute approximate surface area is 197 Å². The van der Waals surface area contributed by atoms with Crippen molar-refractivity contribution in [3.8, 4) is 5.88 Å². The summed E-state index contributed by atoms with van der Waals surface area (Å²) in [6.45, 7) is 14.1. The Bertz CT molecular complexity index is 1300. The third-order valence-corrected chi connectivity index (χ3v) is 7.85. The van der Waals surface area contributed by atoms with E-state index in [1.165, 1.54) is 11.1 Å². The summed E-state index contributed by atoms with van der Waals surface area (Å²) in [7, 11) is -4.12. The number of aryl methyl sites for hydroxylation is 3. The summed E-state index contributed by atoms with van der Waals surface area (Å²) in [5.74, 6) is 0.968. The van der Waals surface area contributed by atoms with Crippen LogP contribution in [0.4, 0.5) is 0 Å². The van der Waals surface area contributed by atoms with E-state index in [2.05, 4.69) is 29.9 Å². The maximum Gasteiger partial charge on any atom is 0.341 e. The maximum absolute atomic E-state index is 13.8. The van der Waals surface area contributed by atoms with E-state index in [-0.39, 0.29) is 22.6 Å². The van der Waals surface area contributed by atoms with Crippen molar-refractivity contribution in [2.45, 2.75) is 90.4 Å². The van der Waals surface area contributed by atoms with Crippen molar-refractivity contribution in [1.29, 1.82) is 0 Å². The molecule has 5 nitrogen and oxygen atoms in total. The lowest BCUT2D eigenvalue weighted by molar-refractivity contribution is 0.474. The van der Waals surface area contributed by atoms with Crippen LogP contribution in [0.5, 0.6) is 5.88 Å². The summed E-state index contributed by atoms with van der Waals surface area (Å²) in [5.41, 5.74) is 5.96. The molecule has 0 radical (unpaired) electrons. The second-order valence-corrected chi connectivity index (χ2v) is 11.6. The summed E-state index contributed by atoms with van der Waals surface area (Å²) in [6.07, 6.45) is 3.11. The van der Waals surface area contributed by atoms with Gasteiger partial charge in [-0.1, -0.05) is 53.7 Å². The molecule has 0 fully saturated rings. The fourth-order valence-electron chi connectivity index (χ4n) is 4.67. The fourth-order valence-corrected chi connectivity index (χ4v) is 6.25.